The van der Waals surface area contributed by atoms with Gasteiger partial charge in [-0.15, -0.1) is 0 Å². The highest BCUT2D eigenvalue weighted by Crippen LogP contribution is 2.34. The smallest absolute Gasteiger partial charge is 0.284 e. The van der Waals surface area contributed by atoms with Gasteiger partial charge in [-0.3, -0.25) is 19.6 Å². The Hall–Kier alpha value is -2.35. The van der Waals surface area contributed by atoms with Crippen LogP contribution in [0.2, 0.25) is 0 Å². The van der Waals surface area contributed by atoms with Crippen LogP contribution in [0.1, 0.15) is 5.56 Å². The zero-order valence-corrected chi connectivity index (χ0v) is 18.6. The van der Waals surface area contributed by atoms with Gasteiger partial charge in [0.05, 0.1) is 24.6 Å². The maximum Gasteiger partial charge on any atom is 0.284 e. The molecule has 0 unspecified atom stereocenters. The Morgan fingerprint density at radius 3 is 2.08 bits per heavy atom. The van der Waals surface area contributed by atoms with E-state index in [1.54, 1.807) is 0 Å². The standard InChI is InChI=1S/C20H28N2O14/c23-6-10-13(26)15(28)17(30)19(34-10)36-20(18(31)16(29)14(27)11(7-24)35-20)21-12(25)5-8-1-3-9(4-2-8)22(32)33/h1-4,10-11,13-19,23-24,26-31H,5-7H2,(H,21,25)/t10-,11-,13+,14-,15+,16+,17-,18-,19+,20-/m1/s1. The molecule has 1 aromatic carbocycles. The van der Waals surface area contributed by atoms with Crippen molar-refractivity contribution in [1.29, 1.82) is 0 Å². The van der Waals surface area contributed by atoms with Gasteiger partial charge in [0.25, 0.3) is 11.6 Å². The van der Waals surface area contributed by atoms with E-state index >= 15 is 0 Å². The number of aliphatic hydroxyl groups is 8. The molecule has 0 aromatic heterocycles. The molecule has 9 N–H and O–H groups in total. The number of amides is 1. The first kappa shape index (κ1) is 28.2. The molecule has 0 aliphatic carbocycles. The van der Waals surface area contributed by atoms with E-state index < -0.39 is 91.5 Å². The molecule has 16 nitrogen and oxygen atoms in total. The van der Waals surface area contributed by atoms with Crippen LogP contribution in [0.15, 0.2) is 24.3 Å². The van der Waals surface area contributed by atoms with Crippen molar-refractivity contribution < 1.29 is 64.8 Å². The third-order valence-corrected chi connectivity index (χ3v) is 5.92. The van der Waals surface area contributed by atoms with Gasteiger partial charge in [-0.2, -0.15) is 0 Å². The third kappa shape index (κ3) is 5.63. The summed E-state index contributed by atoms with van der Waals surface area (Å²) in [6, 6.07) is 4.87. The van der Waals surface area contributed by atoms with Crippen LogP contribution >= 0.6 is 0 Å². The predicted molar refractivity (Wildman–Crippen MR) is 113 cm³/mol. The summed E-state index contributed by atoms with van der Waals surface area (Å²) in [4.78, 5) is 23.0. The second-order valence-corrected chi connectivity index (χ2v) is 8.40. The molecular weight excluding hydrogens is 492 g/mol. The molecule has 10 atom stereocenters. The molecule has 1 amide bonds. The van der Waals surface area contributed by atoms with Gasteiger partial charge >= 0.3 is 0 Å². The number of nitrogens with one attached hydrogen (secondary N) is 1. The first-order chi connectivity index (χ1) is 16.9. The van der Waals surface area contributed by atoms with E-state index in [-0.39, 0.29) is 11.3 Å². The van der Waals surface area contributed by atoms with Crippen LogP contribution in [0.25, 0.3) is 0 Å². The van der Waals surface area contributed by atoms with E-state index in [1.165, 1.54) is 12.1 Å². The molecule has 16 heteroatoms. The summed E-state index contributed by atoms with van der Waals surface area (Å²) in [7, 11) is 0. The minimum Gasteiger partial charge on any atom is -0.394 e. The van der Waals surface area contributed by atoms with E-state index in [0.717, 1.165) is 12.1 Å². The lowest BCUT2D eigenvalue weighted by Crippen LogP contribution is -2.74. The highest BCUT2D eigenvalue weighted by Gasteiger charge is 2.58. The molecule has 2 aliphatic heterocycles. The Morgan fingerprint density at radius 2 is 1.53 bits per heavy atom. The fourth-order valence-electron chi connectivity index (χ4n) is 3.87. The summed E-state index contributed by atoms with van der Waals surface area (Å²) in [5.74, 6) is -3.72. The van der Waals surface area contributed by atoms with Crippen LogP contribution in [-0.2, 0) is 25.4 Å². The van der Waals surface area contributed by atoms with Crippen molar-refractivity contribution >= 4 is 11.6 Å². The number of ether oxygens (including phenoxy) is 3. The van der Waals surface area contributed by atoms with Crippen LogP contribution in [-0.4, -0.2) is 126 Å². The van der Waals surface area contributed by atoms with Gasteiger partial charge in [0.2, 0.25) is 5.91 Å². The average molecular weight is 520 g/mol. The predicted octanol–water partition coefficient (Wildman–Crippen LogP) is -4.80. The average Bonchev–Trinajstić information content (AvgIpc) is 2.85. The van der Waals surface area contributed by atoms with Gasteiger partial charge in [-0.25, -0.2) is 0 Å². The number of nitro groups is 1. The van der Waals surface area contributed by atoms with Gasteiger partial charge < -0.3 is 55.6 Å². The largest absolute Gasteiger partial charge is 0.394 e. The number of carbonyl (C=O) groups is 1. The molecule has 3 rings (SSSR count). The van der Waals surface area contributed by atoms with Gasteiger partial charge in [0.1, 0.15) is 42.7 Å². The molecule has 0 saturated carbocycles. The normalized spacial score (nSPS) is 38.9. The monoisotopic (exact) mass is 520 g/mol. The van der Waals surface area contributed by atoms with E-state index in [0.29, 0.717) is 0 Å². The SMILES string of the molecule is O=C(Cc1ccc([N+](=O)[O-])cc1)N[C@@]1(O[C@@H]2O[C@H](CO)[C@H](O)[C@H](O)[C@H]2O)O[C@H](CO)[C@@H](O)[C@H](O)[C@H]1O. The number of nitrogens with zero attached hydrogens (tertiary/aromatic N) is 1. The van der Waals surface area contributed by atoms with Crippen molar-refractivity contribution in [2.24, 2.45) is 0 Å². The number of non-ortho nitro benzene ring substituents is 1. The van der Waals surface area contributed by atoms with Crippen molar-refractivity contribution in [3.63, 3.8) is 0 Å². The summed E-state index contributed by atoms with van der Waals surface area (Å²) in [6.45, 7) is -1.74. The van der Waals surface area contributed by atoms with Crippen LogP contribution in [0.5, 0.6) is 0 Å². The maximum absolute atomic E-state index is 12.8. The quantitative estimate of drug-likeness (QED) is 0.0885. The number of nitro benzene ring substituents is 1. The molecule has 2 aliphatic rings. The molecule has 2 heterocycles. The fourth-order valence-corrected chi connectivity index (χ4v) is 3.87. The van der Waals surface area contributed by atoms with Crippen molar-refractivity contribution in [2.75, 3.05) is 13.2 Å². The number of benzene rings is 1. The topological polar surface area (TPSA) is 262 Å². The number of carbonyl (C=O) groups excluding carboxylic acids is 1. The van der Waals surface area contributed by atoms with Crippen molar-refractivity contribution in [3.8, 4) is 0 Å². The minimum atomic E-state index is -2.78. The van der Waals surface area contributed by atoms with E-state index in [2.05, 4.69) is 5.32 Å². The van der Waals surface area contributed by atoms with Crippen molar-refractivity contribution in [2.45, 2.75) is 67.5 Å². The summed E-state index contributed by atoms with van der Waals surface area (Å²) in [5.41, 5.74) is 0.0567. The second kappa shape index (κ2) is 11.4. The maximum atomic E-state index is 12.8. The second-order valence-electron chi connectivity index (χ2n) is 8.40. The Labute approximate surface area is 203 Å². The highest BCUT2D eigenvalue weighted by atomic mass is 16.8. The van der Waals surface area contributed by atoms with Crippen LogP contribution < -0.4 is 5.32 Å². The molecule has 0 radical (unpaired) electrons. The summed E-state index contributed by atoms with van der Waals surface area (Å²) >= 11 is 0. The fraction of sp³-hybridized carbons (Fsp3) is 0.650. The minimum absolute atomic E-state index is 0.226. The molecule has 2 saturated heterocycles. The Bertz CT molecular complexity index is 914. The van der Waals surface area contributed by atoms with Gasteiger partial charge in [0.15, 0.2) is 12.4 Å². The number of rotatable bonds is 8. The lowest BCUT2D eigenvalue weighted by atomic mass is 9.95. The number of aliphatic hydroxyl groups excluding tert-OH is 8. The van der Waals surface area contributed by atoms with Crippen LogP contribution in [0.4, 0.5) is 5.69 Å². The van der Waals surface area contributed by atoms with E-state index in [4.69, 9.17) is 14.2 Å². The Balaban J connectivity index is 1.89. The highest BCUT2D eigenvalue weighted by molar-refractivity contribution is 5.79. The first-order valence-electron chi connectivity index (χ1n) is 10.8. The van der Waals surface area contributed by atoms with Crippen molar-refractivity contribution in [1.82, 2.24) is 5.32 Å². The van der Waals surface area contributed by atoms with Crippen LogP contribution in [0.3, 0.4) is 0 Å². The number of hydrogen-bond acceptors (Lipinski definition) is 14. The number of hydrogen-bond donors (Lipinski definition) is 9. The summed E-state index contributed by atoms with van der Waals surface area (Å²) < 4.78 is 16.1. The van der Waals surface area contributed by atoms with Gasteiger partial charge in [-0.1, -0.05) is 12.1 Å². The zero-order chi connectivity index (χ0) is 26.8. The molecule has 202 valence electrons. The summed E-state index contributed by atoms with van der Waals surface area (Å²) in [6.07, 6.45) is -17.3. The molecule has 0 spiro atoms. The zero-order valence-electron chi connectivity index (χ0n) is 18.6. The van der Waals surface area contributed by atoms with Gasteiger partial charge in [-0.05, 0) is 5.56 Å². The van der Waals surface area contributed by atoms with E-state index in [1.807, 2.05) is 0 Å². The Kier molecular flexibility index (Phi) is 8.91. The molecule has 1 aromatic rings. The lowest BCUT2D eigenvalue weighted by Gasteiger charge is -2.50. The summed E-state index contributed by atoms with van der Waals surface area (Å²) in [5, 5.41) is 93.4. The first-order valence-corrected chi connectivity index (χ1v) is 10.8. The molecule has 36 heavy (non-hydrogen) atoms. The van der Waals surface area contributed by atoms with Crippen molar-refractivity contribution in [3.05, 3.63) is 39.9 Å². The molecular formula is C20H28N2O14. The molecule has 2 fully saturated rings. The van der Waals surface area contributed by atoms with Crippen LogP contribution in [0, 0.1) is 10.1 Å². The third-order valence-electron chi connectivity index (χ3n) is 5.92. The lowest BCUT2D eigenvalue weighted by molar-refractivity contribution is -0.429. The van der Waals surface area contributed by atoms with E-state index in [9.17, 15) is 55.8 Å². The Morgan fingerprint density at radius 1 is 0.944 bits per heavy atom. The molecule has 0 bridgehead atoms. The van der Waals surface area contributed by atoms with Gasteiger partial charge in [0, 0.05) is 12.1 Å².